The second-order valence-corrected chi connectivity index (χ2v) is 7.14. The van der Waals surface area contributed by atoms with Crippen LogP contribution in [0.3, 0.4) is 0 Å². The maximum absolute atomic E-state index is 10.6. The van der Waals surface area contributed by atoms with Gasteiger partial charge in [0.25, 0.3) is 0 Å². The molecule has 1 saturated heterocycles. The minimum Gasteiger partial charge on any atom is -0.506 e. The molecule has 7 heteroatoms. The molecule has 0 spiro atoms. The number of hydrogen-bond acceptors (Lipinski definition) is 4. The molecule has 1 heterocycles. The van der Waals surface area contributed by atoms with Gasteiger partial charge in [0.2, 0.25) is 0 Å². The highest BCUT2D eigenvalue weighted by atomic mass is 79.9. The molecule has 0 radical (unpaired) electrons. The normalized spacial score (nSPS) is 19.8. The van der Waals surface area contributed by atoms with Gasteiger partial charge in [-0.2, -0.15) is 5.26 Å². The van der Waals surface area contributed by atoms with Crippen LogP contribution in [0.2, 0.25) is 0 Å². The Balaban J connectivity index is 0.00000144. The molecule has 1 aliphatic heterocycles. The molecule has 1 aliphatic carbocycles. The number of nitrogens with zero attached hydrogens (tertiary/aromatic N) is 2. The molecule has 0 bridgehead atoms. The molecule has 0 aromatic heterocycles. The molecule has 4 nitrogen and oxygen atoms in total. The Kier molecular flexibility index (Phi) is 8.83. The predicted octanol–water partition coefficient (Wildman–Crippen LogP) is 4.01. The van der Waals surface area contributed by atoms with Crippen molar-refractivity contribution in [2.24, 2.45) is 5.92 Å². The Morgan fingerprint density at radius 2 is 1.83 bits per heavy atom. The molecular formula is C17H24BrCl2N3O. The van der Waals surface area contributed by atoms with E-state index in [1.807, 2.05) is 6.07 Å². The lowest BCUT2D eigenvalue weighted by Crippen LogP contribution is -2.46. The van der Waals surface area contributed by atoms with Crippen LogP contribution >= 0.6 is 40.7 Å². The Bertz CT molecular complexity index is 582. The summed E-state index contributed by atoms with van der Waals surface area (Å²) in [5.74, 6) is 0.874. The van der Waals surface area contributed by atoms with Gasteiger partial charge in [-0.3, -0.25) is 4.90 Å². The van der Waals surface area contributed by atoms with E-state index < -0.39 is 0 Å². The van der Waals surface area contributed by atoms with E-state index in [0.717, 1.165) is 31.7 Å². The summed E-state index contributed by atoms with van der Waals surface area (Å²) in [5, 5.41) is 23.2. The van der Waals surface area contributed by atoms with Gasteiger partial charge >= 0.3 is 0 Å². The number of halogens is 3. The second kappa shape index (κ2) is 9.84. The van der Waals surface area contributed by atoms with E-state index >= 15 is 0 Å². The van der Waals surface area contributed by atoms with Gasteiger partial charge in [0.1, 0.15) is 5.75 Å². The molecule has 0 unspecified atom stereocenters. The van der Waals surface area contributed by atoms with Gasteiger partial charge in [-0.15, -0.1) is 24.8 Å². The van der Waals surface area contributed by atoms with Crippen LogP contribution in [0.4, 0.5) is 0 Å². The van der Waals surface area contributed by atoms with Crippen molar-refractivity contribution in [3.05, 3.63) is 27.7 Å². The summed E-state index contributed by atoms with van der Waals surface area (Å²) in [6.07, 6.45) is 4.96. The van der Waals surface area contributed by atoms with Gasteiger partial charge in [-0.1, -0.05) is 12.8 Å². The highest BCUT2D eigenvalue weighted by molar-refractivity contribution is 9.10. The van der Waals surface area contributed by atoms with E-state index in [2.05, 4.69) is 32.2 Å². The lowest BCUT2D eigenvalue weighted by molar-refractivity contribution is 0.123. The number of nitrogens with one attached hydrogen (secondary N) is 1. The predicted molar refractivity (Wildman–Crippen MR) is 104 cm³/mol. The molecule has 1 atom stereocenters. The summed E-state index contributed by atoms with van der Waals surface area (Å²) in [5.41, 5.74) is 1.53. The maximum Gasteiger partial charge on any atom is 0.134 e. The van der Waals surface area contributed by atoms with Gasteiger partial charge < -0.3 is 10.4 Å². The topological polar surface area (TPSA) is 59.3 Å². The fourth-order valence-corrected chi connectivity index (χ4v) is 4.37. The van der Waals surface area contributed by atoms with E-state index in [-0.39, 0.29) is 30.9 Å². The minimum absolute atomic E-state index is 0. The van der Waals surface area contributed by atoms with Gasteiger partial charge in [0.15, 0.2) is 0 Å². The zero-order chi connectivity index (χ0) is 15.5. The number of rotatable bonds is 3. The van der Waals surface area contributed by atoms with Crippen molar-refractivity contribution in [2.75, 3.05) is 26.2 Å². The summed E-state index contributed by atoms with van der Waals surface area (Å²) in [4.78, 5) is 2.48. The lowest BCUT2D eigenvalue weighted by Gasteiger charge is -2.39. The van der Waals surface area contributed by atoms with Gasteiger partial charge in [-0.25, -0.2) is 0 Å². The maximum atomic E-state index is 10.6. The van der Waals surface area contributed by atoms with Crippen LogP contribution in [-0.2, 0) is 0 Å². The monoisotopic (exact) mass is 435 g/mol. The molecule has 1 saturated carbocycles. The van der Waals surface area contributed by atoms with Gasteiger partial charge in [0.05, 0.1) is 16.1 Å². The van der Waals surface area contributed by atoms with Crippen LogP contribution in [0.1, 0.15) is 42.9 Å². The first-order chi connectivity index (χ1) is 10.7. The quantitative estimate of drug-likeness (QED) is 0.751. The smallest absolute Gasteiger partial charge is 0.134 e. The van der Waals surface area contributed by atoms with Crippen LogP contribution in [0, 0.1) is 17.2 Å². The minimum atomic E-state index is 0. The Morgan fingerprint density at radius 3 is 2.42 bits per heavy atom. The van der Waals surface area contributed by atoms with E-state index in [1.54, 1.807) is 6.07 Å². The van der Waals surface area contributed by atoms with Crippen molar-refractivity contribution in [1.29, 1.82) is 5.26 Å². The van der Waals surface area contributed by atoms with Crippen molar-refractivity contribution < 1.29 is 5.11 Å². The number of piperazine rings is 1. The third-order valence-electron chi connectivity index (χ3n) is 4.93. The van der Waals surface area contributed by atoms with Crippen molar-refractivity contribution in [2.45, 2.75) is 31.7 Å². The third kappa shape index (κ3) is 4.56. The number of benzene rings is 1. The largest absolute Gasteiger partial charge is 0.506 e. The van der Waals surface area contributed by atoms with Crippen LogP contribution < -0.4 is 5.32 Å². The van der Waals surface area contributed by atoms with E-state index in [4.69, 9.17) is 0 Å². The average molecular weight is 437 g/mol. The first-order valence-corrected chi connectivity index (χ1v) is 8.87. The number of phenols is 1. The summed E-state index contributed by atoms with van der Waals surface area (Å²) >= 11 is 3.41. The van der Waals surface area contributed by atoms with Gasteiger partial charge in [0, 0.05) is 37.8 Å². The molecule has 134 valence electrons. The van der Waals surface area contributed by atoms with Gasteiger partial charge in [-0.05, 0) is 46.8 Å². The molecule has 1 aromatic carbocycles. The van der Waals surface area contributed by atoms with Crippen LogP contribution in [0.5, 0.6) is 5.75 Å². The van der Waals surface area contributed by atoms with Crippen molar-refractivity contribution >= 4 is 40.7 Å². The van der Waals surface area contributed by atoms with E-state index in [9.17, 15) is 10.4 Å². The van der Waals surface area contributed by atoms with Crippen molar-refractivity contribution in [3.63, 3.8) is 0 Å². The first kappa shape index (κ1) is 21.5. The Morgan fingerprint density at radius 1 is 1.21 bits per heavy atom. The zero-order valence-electron chi connectivity index (χ0n) is 13.5. The number of phenolic OH excluding ortho intramolecular Hbond substituents is 1. The Hall–Kier alpha value is -0.510. The summed E-state index contributed by atoms with van der Waals surface area (Å²) in [6.45, 7) is 3.97. The standard InChI is InChI=1S/C17H22BrN3O.2ClH/c18-15-10-12(11-19)9-14(17(15)22)16(13-3-1-2-4-13)21-7-5-20-6-8-21;;/h9-10,13,16,20,22H,1-8H2;2*1H/t16-;;/m1../s1. The zero-order valence-corrected chi connectivity index (χ0v) is 16.7. The van der Waals surface area contributed by atoms with E-state index in [0.29, 0.717) is 21.7 Å². The highest BCUT2D eigenvalue weighted by Gasteiger charge is 2.34. The molecule has 0 amide bonds. The second-order valence-electron chi connectivity index (χ2n) is 6.28. The highest BCUT2D eigenvalue weighted by Crippen LogP contribution is 2.44. The first-order valence-electron chi connectivity index (χ1n) is 8.08. The molecule has 3 rings (SSSR count). The number of aromatic hydroxyl groups is 1. The van der Waals surface area contributed by atoms with Crippen molar-refractivity contribution in [1.82, 2.24) is 10.2 Å². The van der Waals surface area contributed by atoms with Crippen molar-refractivity contribution in [3.8, 4) is 11.8 Å². The number of hydrogen-bond donors (Lipinski definition) is 2. The summed E-state index contributed by atoms with van der Waals surface area (Å²) in [7, 11) is 0. The molecule has 2 aliphatic rings. The fraction of sp³-hybridized carbons (Fsp3) is 0.588. The van der Waals surface area contributed by atoms with Crippen LogP contribution in [-0.4, -0.2) is 36.2 Å². The number of nitriles is 1. The molecular weight excluding hydrogens is 413 g/mol. The van der Waals surface area contributed by atoms with Crippen LogP contribution in [0.25, 0.3) is 0 Å². The third-order valence-corrected chi connectivity index (χ3v) is 5.54. The Labute approximate surface area is 164 Å². The lowest BCUT2D eigenvalue weighted by atomic mass is 9.88. The summed E-state index contributed by atoms with van der Waals surface area (Å²) < 4.78 is 0.625. The molecule has 24 heavy (non-hydrogen) atoms. The molecule has 2 fully saturated rings. The SMILES string of the molecule is Cl.Cl.N#Cc1cc(Br)c(O)c([C@@H](C2CCCC2)N2CCNCC2)c1. The fourth-order valence-electron chi connectivity index (χ4n) is 3.89. The summed E-state index contributed by atoms with van der Waals surface area (Å²) in [6, 6.07) is 6.01. The van der Waals surface area contributed by atoms with E-state index in [1.165, 1.54) is 25.7 Å². The molecule has 2 N–H and O–H groups in total. The molecule has 1 aromatic rings. The average Bonchev–Trinajstić information content (AvgIpc) is 3.06. The van der Waals surface area contributed by atoms with Crippen LogP contribution in [0.15, 0.2) is 16.6 Å².